The van der Waals surface area contributed by atoms with E-state index < -0.39 is 18.0 Å². The molecule has 8 heteroatoms. The first kappa shape index (κ1) is 23.8. The summed E-state index contributed by atoms with van der Waals surface area (Å²) in [4.78, 5) is 37.6. The van der Waals surface area contributed by atoms with Gasteiger partial charge in [-0.1, -0.05) is 77.3 Å². The highest BCUT2D eigenvalue weighted by molar-refractivity contribution is 6.42. The third-order valence-electron chi connectivity index (χ3n) is 4.48. The predicted octanol–water partition coefficient (Wildman–Crippen LogP) is 6.53. The molecule has 5 nitrogen and oxygen atoms in total. The SMILES string of the molecule is O=C(CCC(=O)O[C@H](C(=O)c1ccccc1)c1ccc(Cl)cc1)Nc1ccc(Cl)c(Cl)c1. The van der Waals surface area contributed by atoms with Crippen LogP contribution in [0.4, 0.5) is 5.69 Å². The second-order valence-electron chi connectivity index (χ2n) is 6.83. The number of carbonyl (C=O) groups excluding carboxylic acids is 3. The minimum Gasteiger partial charge on any atom is -0.449 e. The van der Waals surface area contributed by atoms with Gasteiger partial charge in [-0.05, 0) is 30.3 Å². The molecule has 3 aromatic rings. The van der Waals surface area contributed by atoms with Crippen LogP contribution in [0.1, 0.15) is 34.9 Å². The topological polar surface area (TPSA) is 72.5 Å². The van der Waals surface area contributed by atoms with Crippen molar-refractivity contribution in [1.29, 1.82) is 0 Å². The molecule has 0 unspecified atom stereocenters. The number of carbonyl (C=O) groups is 3. The molecule has 0 saturated heterocycles. The van der Waals surface area contributed by atoms with Crippen LogP contribution in [0.3, 0.4) is 0 Å². The number of hydrogen-bond donors (Lipinski definition) is 1. The lowest BCUT2D eigenvalue weighted by Crippen LogP contribution is -2.21. The predicted molar refractivity (Wildman–Crippen MR) is 125 cm³/mol. The molecule has 3 rings (SSSR count). The van der Waals surface area contributed by atoms with Crippen molar-refractivity contribution in [3.8, 4) is 0 Å². The van der Waals surface area contributed by atoms with Crippen LogP contribution < -0.4 is 5.32 Å². The number of amides is 1. The van der Waals surface area contributed by atoms with Gasteiger partial charge >= 0.3 is 5.97 Å². The number of rotatable bonds is 8. The van der Waals surface area contributed by atoms with Crippen molar-refractivity contribution in [2.75, 3.05) is 5.32 Å². The molecule has 1 amide bonds. The molecular weight excluding hydrogens is 473 g/mol. The Kier molecular flexibility index (Phi) is 8.28. The van der Waals surface area contributed by atoms with Crippen molar-refractivity contribution in [3.63, 3.8) is 0 Å². The molecule has 0 aliphatic carbocycles. The fourth-order valence-electron chi connectivity index (χ4n) is 2.87. The molecule has 0 saturated carbocycles. The number of esters is 1. The first-order chi connectivity index (χ1) is 15.3. The lowest BCUT2D eigenvalue weighted by Gasteiger charge is -2.17. The maximum absolute atomic E-state index is 13.0. The van der Waals surface area contributed by atoms with Gasteiger partial charge in [0.15, 0.2) is 6.10 Å². The van der Waals surface area contributed by atoms with E-state index in [1.807, 2.05) is 0 Å². The Labute approximate surface area is 200 Å². The zero-order valence-corrected chi connectivity index (χ0v) is 19.0. The molecular formula is C24H18Cl3NO4. The van der Waals surface area contributed by atoms with Gasteiger partial charge in [0, 0.05) is 28.3 Å². The second-order valence-corrected chi connectivity index (χ2v) is 8.08. The van der Waals surface area contributed by atoms with E-state index in [1.54, 1.807) is 66.7 Å². The number of ketones is 1. The minimum absolute atomic E-state index is 0.133. The first-order valence-corrected chi connectivity index (χ1v) is 10.8. The summed E-state index contributed by atoms with van der Waals surface area (Å²) >= 11 is 17.7. The largest absolute Gasteiger partial charge is 0.449 e. The van der Waals surface area contributed by atoms with Gasteiger partial charge in [-0.25, -0.2) is 0 Å². The molecule has 0 aliphatic heterocycles. The lowest BCUT2D eigenvalue weighted by molar-refractivity contribution is -0.148. The van der Waals surface area contributed by atoms with Crippen LogP contribution in [0.15, 0.2) is 72.8 Å². The van der Waals surface area contributed by atoms with Gasteiger partial charge in [0.1, 0.15) is 0 Å². The zero-order valence-electron chi connectivity index (χ0n) is 16.7. The molecule has 0 heterocycles. The fourth-order valence-corrected chi connectivity index (χ4v) is 3.29. The Balaban J connectivity index is 1.65. The summed E-state index contributed by atoms with van der Waals surface area (Å²) < 4.78 is 5.48. The van der Waals surface area contributed by atoms with Crippen LogP contribution in [0.2, 0.25) is 15.1 Å². The van der Waals surface area contributed by atoms with Crippen LogP contribution in [0, 0.1) is 0 Å². The molecule has 1 N–H and O–H groups in total. The summed E-state index contributed by atoms with van der Waals surface area (Å²) in [6, 6.07) is 19.6. The van der Waals surface area contributed by atoms with E-state index in [2.05, 4.69) is 5.32 Å². The van der Waals surface area contributed by atoms with Crippen molar-refractivity contribution in [1.82, 2.24) is 0 Å². The first-order valence-electron chi connectivity index (χ1n) is 9.62. The Morgan fingerprint density at radius 1 is 0.812 bits per heavy atom. The maximum Gasteiger partial charge on any atom is 0.307 e. The molecule has 0 aliphatic rings. The van der Waals surface area contributed by atoms with E-state index in [1.165, 1.54) is 6.07 Å². The maximum atomic E-state index is 13.0. The van der Waals surface area contributed by atoms with Gasteiger partial charge < -0.3 is 10.1 Å². The lowest BCUT2D eigenvalue weighted by atomic mass is 10.00. The average Bonchev–Trinajstić information content (AvgIpc) is 2.79. The Hall–Kier alpha value is -2.86. The van der Waals surface area contributed by atoms with E-state index in [4.69, 9.17) is 39.5 Å². The normalized spacial score (nSPS) is 11.5. The molecule has 1 atom stereocenters. The smallest absolute Gasteiger partial charge is 0.307 e. The van der Waals surface area contributed by atoms with Crippen molar-refractivity contribution >= 4 is 58.1 Å². The molecule has 0 bridgehead atoms. The number of halogens is 3. The highest BCUT2D eigenvalue weighted by Gasteiger charge is 2.26. The van der Waals surface area contributed by atoms with Gasteiger partial charge in [0.05, 0.1) is 16.5 Å². The number of ether oxygens (including phenoxy) is 1. The molecule has 0 aromatic heterocycles. The standard InChI is InChI=1S/C24H18Cl3NO4/c25-17-8-6-16(7-9-17)24(23(31)15-4-2-1-3-5-15)32-22(30)13-12-21(29)28-18-10-11-19(26)20(27)14-18/h1-11,14,24H,12-13H2,(H,28,29)/t24-/m0/s1. The summed E-state index contributed by atoms with van der Waals surface area (Å²) in [5, 5.41) is 3.79. The summed E-state index contributed by atoms with van der Waals surface area (Å²) in [6.07, 6.45) is -1.49. The second kappa shape index (κ2) is 11.1. The monoisotopic (exact) mass is 489 g/mol. The van der Waals surface area contributed by atoms with Crippen LogP contribution in [0.25, 0.3) is 0 Å². The highest BCUT2D eigenvalue weighted by Crippen LogP contribution is 2.26. The summed E-state index contributed by atoms with van der Waals surface area (Å²) in [5.74, 6) is -1.46. The van der Waals surface area contributed by atoms with Crippen LogP contribution in [0.5, 0.6) is 0 Å². The van der Waals surface area contributed by atoms with Crippen LogP contribution >= 0.6 is 34.8 Å². The van der Waals surface area contributed by atoms with Gasteiger partial charge in [0.25, 0.3) is 0 Å². The molecule has 0 fully saturated rings. The number of hydrogen-bond acceptors (Lipinski definition) is 4. The van der Waals surface area contributed by atoms with Crippen molar-refractivity contribution in [3.05, 3.63) is 99.0 Å². The number of nitrogens with one attached hydrogen (secondary N) is 1. The third-order valence-corrected chi connectivity index (χ3v) is 5.47. The average molecular weight is 491 g/mol. The molecule has 164 valence electrons. The Morgan fingerprint density at radius 2 is 1.50 bits per heavy atom. The molecule has 32 heavy (non-hydrogen) atoms. The quantitative estimate of drug-likeness (QED) is 0.288. The van der Waals surface area contributed by atoms with E-state index in [0.29, 0.717) is 31.9 Å². The molecule has 3 aromatic carbocycles. The van der Waals surface area contributed by atoms with Crippen LogP contribution in [-0.2, 0) is 14.3 Å². The van der Waals surface area contributed by atoms with Crippen LogP contribution in [-0.4, -0.2) is 17.7 Å². The Bertz CT molecular complexity index is 1120. The van der Waals surface area contributed by atoms with E-state index in [0.717, 1.165) is 0 Å². The highest BCUT2D eigenvalue weighted by atomic mass is 35.5. The van der Waals surface area contributed by atoms with Gasteiger partial charge in [-0.3, -0.25) is 14.4 Å². The Morgan fingerprint density at radius 3 is 2.16 bits per heavy atom. The van der Waals surface area contributed by atoms with Crippen molar-refractivity contribution in [2.45, 2.75) is 18.9 Å². The fraction of sp³-hybridized carbons (Fsp3) is 0.125. The molecule has 0 spiro atoms. The zero-order chi connectivity index (χ0) is 23.1. The molecule has 0 radical (unpaired) electrons. The summed E-state index contributed by atoms with van der Waals surface area (Å²) in [5.41, 5.74) is 1.34. The van der Waals surface area contributed by atoms with E-state index in [9.17, 15) is 14.4 Å². The minimum atomic E-state index is -1.15. The third kappa shape index (κ3) is 6.57. The van der Waals surface area contributed by atoms with Gasteiger partial charge in [0.2, 0.25) is 11.7 Å². The summed E-state index contributed by atoms with van der Waals surface area (Å²) in [7, 11) is 0. The number of benzene rings is 3. The van der Waals surface area contributed by atoms with E-state index in [-0.39, 0.29) is 18.6 Å². The van der Waals surface area contributed by atoms with Gasteiger partial charge in [-0.2, -0.15) is 0 Å². The number of Topliss-reactive ketones (excluding diaryl/α,β-unsaturated/α-hetero) is 1. The van der Waals surface area contributed by atoms with E-state index >= 15 is 0 Å². The van der Waals surface area contributed by atoms with Crippen molar-refractivity contribution in [2.24, 2.45) is 0 Å². The van der Waals surface area contributed by atoms with Gasteiger partial charge in [-0.15, -0.1) is 0 Å². The summed E-state index contributed by atoms with van der Waals surface area (Å²) in [6.45, 7) is 0. The van der Waals surface area contributed by atoms with Crippen molar-refractivity contribution < 1.29 is 19.1 Å². The number of anilines is 1.